The van der Waals surface area contributed by atoms with Crippen molar-refractivity contribution in [3.63, 3.8) is 0 Å². The van der Waals surface area contributed by atoms with Gasteiger partial charge in [0, 0.05) is 7.05 Å². The third-order valence-corrected chi connectivity index (χ3v) is 3.89. The molecule has 0 radical (unpaired) electrons. The number of aryl methyl sites for hydroxylation is 1. The zero-order valence-corrected chi connectivity index (χ0v) is 11.4. The fraction of sp³-hybridized carbons (Fsp3) is 0.273. The molecule has 0 saturated carbocycles. The summed E-state index contributed by atoms with van der Waals surface area (Å²) >= 11 is 0. The highest BCUT2D eigenvalue weighted by Crippen LogP contribution is 2.19. The normalized spacial score (nSPS) is 11.5. The van der Waals surface area contributed by atoms with Crippen LogP contribution >= 0.6 is 0 Å². The molecule has 0 atom stereocenters. The van der Waals surface area contributed by atoms with Gasteiger partial charge in [-0.25, -0.2) is 13.1 Å². The maximum atomic E-state index is 12.2. The van der Waals surface area contributed by atoms with E-state index in [9.17, 15) is 8.42 Å². The lowest BCUT2D eigenvalue weighted by atomic mass is 10.3. The van der Waals surface area contributed by atoms with Crippen LogP contribution in [0.15, 0.2) is 33.7 Å². The van der Waals surface area contributed by atoms with Gasteiger partial charge in [-0.15, -0.1) is 0 Å². The number of hydrogen-bond donors (Lipinski definition) is 2. The topological polar surface area (TPSA) is 97.1 Å². The molecule has 2 rings (SSSR count). The average molecular weight is 282 g/mol. The molecule has 0 unspecified atom stereocenters. The molecule has 0 fully saturated rings. The van der Waals surface area contributed by atoms with Gasteiger partial charge in [-0.1, -0.05) is 17.3 Å². The van der Waals surface area contributed by atoms with Gasteiger partial charge in [-0.05, 0) is 19.1 Å². The summed E-state index contributed by atoms with van der Waals surface area (Å²) in [7, 11) is -1.97. The summed E-state index contributed by atoms with van der Waals surface area (Å²) in [5, 5.41) is 6.42. The monoisotopic (exact) mass is 282 g/mol. The van der Waals surface area contributed by atoms with Crippen LogP contribution in [0.25, 0.3) is 0 Å². The number of sulfonamides is 1. The third-order valence-electron chi connectivity index (χ3n) is 2.43. The van der Waals surface area contributed by atoms with E-state index >= 15 is 0 Å². The fourth-order valence-electron chi connectivity index (χ4n) is 1.55. The number of nitrogens with one attached hydrogen (secondary N) is 2. The Hall–Kier alpha value is -1.93. The van der Waals surface area contributed by atoms with E-state index in [0.29, 0.717) is 11.5 Å². The second-order valence-corrected chi connectivity index (χ2v) is 5.54. The molecule has 1 heterocycles. The van der Waals surface area contributed by atoms with E-state index in [4.69, 9.17) is 4.52 Å². The van der Waals surface area contributed by atoms with Gasteiger partial charge in [0.05, 0.1) is 12.2 Å². The van der Waals surface area contributed by atoms with Crippen molar-refractivity contribution in [1.82, 2.24) is 14.9 Å². The van der Waals surface area contributed by atoms with Gasteiger partial charge >= 0.3 is 0 Å². The smallest absolute Gasteiger partial charge is 0.243 e. The molecule has 8 heteroatoms. The van der Waals surface area contributed by atoms with Gasteiger partial charge in [0.15, 0.2) is 5.82 Å². The molecule has 1 aromatic heterocycles. The SMILES string of the molecule is CNc1ccccc1S(=O)(=O)NCc1nc(C)no1. The molecule has 0 saturated heterocycles. The Bertz CT molecular complexity index is 666. The van der Waals surface area contributed by atoms with Crippen LogP contribution in [-0.4, -0.2) is 25.6 Å². The Morgan fingerprint density at radius 3 is 2.68 bits per heavy atom. The molecule has 0 amide bonds. The molecular formula is C11H14N4O3S. The standard InChI is InChI=1S/C11H14N4O3S/c1-8-14-11(18-15-8)7-13-19(16,17)10-6-4-3-5-9(10)12-2/h3-6,12-13H,7H2,1-2H3. The maximum absolute atomic E-state index is 12.2. The molecule has 0 aliphatic carbocycles. The van der Waals surface area contributed by atoms with Crippen molar-refractivity contribution in [3.8, 4) is 0 Å². The van der Waals surface area contributed by atoms with Crippen LogP contribution < -0.4 is 10.0 Å². The molecule has 7 nitrogen and oxygen atoms in total. The molecule has 0 bridgehead atoms. The minimum atomic E-state index is -3.63. The van der Waals surface area contributed by atoms with Crippen LogP contribution in [0.5, 0.6) is 0 Å². The van der Waals surface area contributed by atoms with E-state index in [1.807, 2.05) is 0 Å². The van der Waals surface area contributed by atoms with Crippen molar-refractivity contribution in [2.45, 2.75) is 18.4 Å². The number of anilines is 1. The molecule has 2 aromatic rings. The molecule has 19 heavy (non-hydrogen) atoms. The minimum absolute atomic E-state index is 0.0405. The van der Waals surface area contributed by atoms with E-state index in [1.54, 1.807) is 32.2 Å². The van der Waals surface area contributed by atoms with Crippen molar-refractivity contribution in [1.29, 1.82) is 0 Å². The lowest BCUT2D eigenvalue weighted by molar-refractivity contribution is 0.372. The summed E-state index contributed by atoms with van der Waals surface area (Å²) in [4.78, 5) is 4.10. The molecule has 0 spiro atoms. The first-order valence-electron chi connectivity index (χ1n) is 5.58. The van der Waals surface area contributed by atoms with Crippen molar-refractivity contribution in [2.24, 2.45) is 0 Å². The van der Waals surface area contributed by atoms with Gasteiger partial charge in [-0.3, -0.25) is 0 Å². The number of rotatable bonds is 5. The summed E-state index contributed by atoms with van der Waals surface area (Å²) < 4.78 is 31.6. The zero-order chi connectivity index (χ0) is 13.9. The highest BCUT2D eigenvalue weighted by Gasteiger charge is 2.18. The second kappa shape index (κ2) is 5.37. The number of para-hydroxylation sites is 1. The molecule has 2 N–H and O–H groups in total. The Morgan fingerprint density at radius 2 is 2.05 bits per heavy atom. The van der Waals surface area contributed by atoms with E-state index in [2.05, 4.69) is 20.2 Å². The number of hydrogen-bond acceptors (Lipinski definition) is 6. The first kappa shape index (κ1) is 13.5. The van der Waals surface area contributed by atoms with Crippen LogP contribution in [-0.2, 0) is 16.6 Å². The van der Waals surface area contributed by atoms with Crippen LogP contribution in [0.2, 0.25) is 0 Å². The Kier molecular flexibility index (Phi) is 3.82. The zero-order valence-electron chi connectivity index (χ0n) is 10.5. The summed E-state index contributed by atoms with van der Waals surface area (Å²) in [6.07, 6.45) is 0. The Morgan fingerprint density at radius 1 is 1.32 bits per heavy atom. The van der Waals surface area contributed by atoms with Gasteiger partial charge < -0.3 is 9.84 Å². The molecule has 0 aliphatic heterocycles. The predicted octanol–water partition coefficient (Wildman–Crippen LogP) is 0.898. The summed E-state index contributed by atoms with van der Waals surface area (Å²) in [5.74, 6) is 0.688. The van der Waals surface area contributed by atoms with Crippen LogP contribution in [0.1, 0.15) is 11.7 Å². The number of benzene rings is 1. The minimum Gasteiger partial charge on any atom is -0.387 e. The number of nitrogens with zero attached hydrogens (tertiary/aromatic N) is 2. The van der Waals surface area contributed by atoms with Crippen LogP contribution in [0.3, 0.4) is 0 Å². The van der Waals surface area contributed by atoms with Gasteiger partial charge in [0.25, 0.3) is 0 Å². The highest BCUT2D eigenvalue weighted by molar-refractivity contribution is 7.89. The summed E-state index contributed by atoms with van der Waals surface area (Å²) in [6.45, 7) is 1.62. The summed E-state index contributed by atoms with van der Waals surface area (Å²) in [5.41, 5.74) is 0.525. The van der Waals surface area contributed by atoms with Crippen molar-refractivity contribution in [2.75, 3.05) is 12.4 Å². The van der Waals surface area contributed by atoms with Gasteiger partial charge in [0.1, 0.15) is 4.90 Å². The third kappa shape index (κ3) is 3.09. The first-order valence-corrected chi connectivity index (χ1v) is 7.07. The van der Waals surface area contributed by atoms with E-state index in [-0.39, 0.29) is 17.3 Å². The lowest BCUT2D eigenvalue weighted by Gasteiger charge is -2.09. The van der Waals surface area contributed by atoms with Crippen LogP contribution in [0.4, 0.5) is 5.69 Å². The predicted molar refractivity (Wildman–Crippen MR) is 69.0 cm³/mol. The van der Waals surface area contributed by atoms with Crippen molar-refractivity contribution in [3.05, 3.63) is 36.0 Å². The van der Waals surface area contributed by atoms with E-state index in [1.165, 1.54) is 6.07 Å². The number of aromatic nitrogens is 2. The van der Waals surface area contributed by atoms with E-state index in [0.717, 1.165) is 0 Å². The Balaban J connectivity index is 2.18. The van der Waals surface area contributed by atoms with Gasteiger partial charge in [-0.2, -0.15) is 4.98 Å². The van der Waals surface area contributed by atoms with Crippen LogP contribution in [0, 0.1) is 6.92 Å². The maximum Gasteiger partial charge on any atom is 0.243 e. The first-order chi connectivity index (χ1) is 9.03. The average Bonchev–Trinajstić information content (AvgIpc) is 2.82. The quantitative estimate of drug-likeness (QED) is 0.845. The largest absolute Gasteiger partial charge is 0.387 e. The van der Waals surface area contributed by atoms with E-state index < -0.39 is 10.0 Å². The summed E-state index contributed by atoms with van der Waals surface area (Å²) in [6, 6.07) is 6.62. The van der Waals surface area contributed by atoms with Crippen molar-refractivity contribution >= 4 is 15.7 Å². The van der Waals surface area contributed by atoms with Crippen molar-refractivity contribution < 1.29 is 12.9 Å². The highest BCUT2D eigenvalue weighted by atomic mass is 32.2. The molecular weight excluding hydrogens is 268 g/mol. The Labute approximate surface area is 111 Å². The second-order valence-electron chi connectivity index (χ2n) is 3.81. The fourth-order valence-corrected chi connectivity index (χ4v) is 2.74. The lowest BCUT2D eigenvalue weighted by Crippen LogP contribution is -2.24. The molecule has 102 valence electrons. The van der Waals surface area contributed by atoms with Gasteiger partial charge in [0.2, 0.25) is 15.9 Å². The molecule has 1 aromatic carbocycles. The molecule has 0 aliphatic rings.